The number of hydrogen-bond donors (Lipinski definition) is 1. The minimum absolute atomic E-state index is 0.0476. The topological polar surface area (TPSA) is 42.0 Å². The highest BCUT2D eigenvalue weighted by molar-refractivity contribution is 6.31. The van der Waals surface area contributed by atoms with Crippen LogP contribution in [-0.4, -0.2) is 16.9 Å². The monoisotopic (exact) mass is 260 g/mol. The Kier molecular flexibility index (Phi) is 2.92. The van der Waals surface area contributed by atoms with E-state index in [-0.39, 0.29) is 5.91 Å². The zero-order chi connectivity index (χ0) is 12.5. The van der Waals surface area contributed by atoms with Crippen LogP contribution in [0.25, 0.3) is 10.9 Å². The van der Waals surface area contributed by atoms with E-state index >= 15 is 0 Å². The smallest absolute Gasteiger partial charge is 0.226 e. The summed E-state index contributed by atoms with van der Waals surface area (Å²) >= 11 is 5.93. The van der Waals surface area contributed by atoms with Gasteiger partial charge in [-0.05, 0) is 31.0 Å². The second-order valence-electron chi connectivity index (χ2n) is 4.66. The van der Waals surface area contributed by atoms with Crippen LogP contribution in [0.5, 0.6) is 0 Å². The molecule has 1 saturated carbocycles. The third-order valence-electron chi connectivity index (χ3n) is 3.00. The SMILES string of the molecule is O=C(Cc1ccc2ccc(Cl)cc2n1)NC1CC1. The van der Waals surface area contributed by atoms with Gasteiger partial charge in [-0.15, -0.1) is 0 Å². The van der Waals surface area contributed by atoms with Crippen LogP contribution in [0.2, 0.25) is 5.02 Å². The molecule has 92 valence electrons. The van der Waals surface area contributed by atoms with Gasteiger partial charge in [0, 0.05) is 16.5 Å². The maximum atomic E-state index is 11.7. The number of nitrogens with zero attached hydrogens (tertiary/aromatic N) is 1. The van der Waals surface area contributed by atoms with Crippen molar-refractivity contribution >= 4 is 28.4 Å². The molecule has 18 heavy (non-hydrogen) atoms. The number of amides is 1. The first kappa shape index (κ1) is 11.5. The van der Waals surface area contributed by atoms with Crippen LogP contribution in [0.1, 0.15) is 18.5 Å². The Balaban J connectivity index is 1.80. The highest BCUT2D eigenvalue weighted by Crippen LogP contribution is 2.20. The van der Waals surface area contributed by atoms with Gasteiger partial charge in [0.1, 0.15) is 0 Å². The average Bonchev–Trinajstić information content (AvgIpc) is 3.12. The van der Waals surface area contributed by atoms with Crippen LogP contribution in [0.3, 0.4) is 0 Å². The molecular weight excluding hydrogens is 248 g/mol. The number of carbonyl (C=O) groups is 1. The number of aromatic nitrogens is 1. The molecule has 1 heterocycles. The predicted octanol–water partition coefficient (Wildman–Crippen LogP) is 2.71. The van der Waals surface area contributed by atoms with E-state index < -0.39 is 0 Å². The summed E-state index contributed by atoms with van der Waals surface area (Å²) in [6, 6.07) is 9.84. The van der Waals surface area contributed by atoms with Gasteiger partial charge in [0.25, 0.3) is 0 Å². The third-order valence-corrected chi connectivity index (χ3v) is 3.23. The normalized spacial score (nSPS) is 14.7. The van der Waals surface area contributed by atoms with Gasteiger partial charge < -0.3 is 5.32 Å². The zero-order valence-electron chi connectivity index (χ0n) is 9.82. The summed E-state index contributed by atoms with van der Waals surface area (Å²) in [6.45, 7) is 0. The molecule has 3 nitrogen and oxygen atoms in total. The maximum Gasteiger partial charge on any atom is 0.226 e. The van der Waals surface area contributed by atoms with Gasteiger partial charge in [0.05, 0.1) is 17.6 Å². The van der Waals surface area contributed by atoms with E-state index in [1.54, 1.807) is 0 Å². The predicted molar refractivity (Wildman–Crippen MR) is 71.6 cm³/mol. The molecule has 1 amide bonds. The van der Waals surface area contributed by atoms with Crippen molar-refractivity contribution in [2.24, 2.45) is 0 Å². The lowest BCUT2D eigenvalue weighted by Crippen LogP contribution is -2.27. The lowest BCUT2D eigenvalue weighted by Gasteiger charge is -2.04. The second kappa shape index (κ2) is 4.58. The van der Waals surface area contributed by atoms with E-state index in [0.29, 0.717) is 17.5 Å². The number of fused-ring (bicyclic) bond motifs is 1. The molecule has 0 unspecified atom stereocenters. The Morgan fingerprint density at radius 1 is 1.33 bits per heavy atom. The lowest BCUT2D eigenvalue weighted by molar-refractivity contribution is -0.120. The Labute approximate surface area is 110 Å². The second-order valence-corrected chi connectivity index (χ2v) is 5.09. The van der Waals surface area contributed by atoms with E-state index in [9.17, 15) is 4.79 Å². The fraction of sp³-hybridized carbons (Fsp3) is 0.286. The van der Waals surface area contributed by atoms with Crippen LogP contribution in [0.4, 0.5) is 0 Å². The van der Waals surface area contributed by atoms with Gasteiger partial charge in [-0.1, -0.05) is 23.7 Å². The third kappa shape index (κ3) is 2.62. The summed E-state index contributed by atoms with van der Waals surface area (Å²) in [5.74, 6) is 0.0476. The highest BCUT2D eigenvalue weighted by Gasteiger charge is 2.23. The first-order valence-electron chi connectivity index (χ1n) is 6.05. The van der Waals surface area contributed by atoms with Crippen molar-refractivity contribution in [1.82, 2.24) is 10.3 Å². The molecule has 1 aliphatic rings. The van der Waals surface area contributed by atoms with E-state index in [0.717, 1.165) is 29.4 Å². The number of nitrogens with one attached hydrogen (secondary N) is 1. The van der Waals surface area contributed by atoms with Crippen LogP contribution in [0.15, 0.2) is 30.3 Å². The fourth-order valence-electron chi connectivity index (χ4n) is 1.90. The average molecular weight is 261 g/mol. The molecular formula is C14H13ClN2O. The molecule has 0 atom stereocenters. The van der Waals surface area contributed by atoms with Gasteiger partial charge in [-0.3, -0.25) is 9.78 Å². The van der Waals surface area contributed by atoms with Gasteiger partial charge in [0.2, 0.25) is 5.91 Å². The van der Waals surface area contributed by atoms with Crippen molar-refractivity contribution in [3.8, 4) is 0 Å². The van der Waals surface area contributed by atoms with Gasteiger partial charge >= 0.3 is 0 Å². The summed E-state index contributed by atoms with van der Waals surface area (Å²) in [5.41, 5.74) is 1.61. The molecule has 2 aromatic rings. The first-order valence-corrected chi connectivity index (χ1v) is 6.43. The maximum absolute atomic E-state index is 11.7. The molecule has 1 aromatic carbocycles. The molecule has 1 fully saturated rings. The molecule has 1 aliphatic carbocycles. The summed E-state index contributed by atoms with van der Waals surface area (Å²) in [5, 5.41) is 4.65. The van der Waals surface area contributed by atoms with Crippen molar-refractivity contribution in [1.29, 1.82) is 0 Å². The van der Waals surface area contributed by atoms with Crippen LogP contribution in [-0.2, 0) is 11.2 Å². The molecule has 0 spiro atoms. The molecule has 4 heteroatoms. The van der Waals surface area contributed by atoms with E-state index in [1.807, 2.05) is 30.3 Å². The van der Waals surface area contributed by atoms with Crippen LogP contribution in [0, 0.1) is 0 Å². The molecule has 1 aromatic heterocycles. The van der Waals surface area contributed by atoms with Crippen molar-refractivity contribution in [2.75, 3.05) is 0 Å². The number of pyridine rings is 1. The Hall–Kier alpha value is -1.61. The van der Waals surface area contributed by atoms with Gasteiger partial charge in [-0.2, -0.15) is 0 Å². The Bertz CT molecular complexity index is 608. The molecule has 0 aliphatic heterocycles. The summed E-state index contributed by atoms with van der Waals surface area (Å²) in [6.07, 6.45) is 2.54. The van der Waals surface area contributed by atoms with Crippen LogP contribution >= 0.6 is 11.6 Å². The molecule has 3 rings (SSSR count). The minimum atomic E-state index is 0.0476. The first-order chi connectivity index (χ1) is 8.70. The number of rotatable bonds is 3. The van der Waals surface area contributed by atoms with E-state index in [1.165, 1.54) is 0 Å². The number of benzene rings is 1. The lowest BCUT2D eigenvalue weighted by atomic mass is 10.2. The molecule has 1 N–H and O–H groups in total. The largest absolute Gasteiger partial charge is 0.353 e. The van der Waals surface area contributed by atoms with Crippen molar-refractivity contribution in [3.63, 3.8) is 0 Å². The summed E-state index contributed by atoms with van der Waals surface area (Å²) in [7, 11) is 0. The van der Waals surface area contributed by atoms with E-state index in [4.69, 9.17) is 11.6 Å². The quantitative estimate of drug-likeness (QED) is 0.922. The van der Waals surface area contributed by atoms with Gasteiger partial charge in [0.15, 0.2) is 0 Å². The Morgan fingerprint density at radius 2 is 2.11 bits per heavy atom. The number of hydrogen-bond acceptors (Lipinski definition) is 2. The van der Waals surface area contributed by atoms with Gasteiger partial charge in [-0.25, -0.2) is 0 Å². The van der Waals surface area contributed by atoms with Crippen molar-refractivity contribution in [3.05, 3.63) is 41.0 Å². The minimum Gasteiger partial charge on any atom is -0.353 e. The number of carbonyl (C=O) groups excluding carboxylic acids is 1. The summed E-state index contributed by atoms with van der Waals surface area (Å²) in [4.78, 5) is 16.1. The van der Waals surface area contributed by atoms with Crippen molar-refractivity contribution in [2.45, 2.75) is 25.3 Å². The summed E-state index contributed by atoms with van der Waals surface area (Å²) < 4.78 is 0. The Morgan fingerprint density at radius 3 is 2.89 bits per heavy atom. The fourth-order valence-corrected chi connectivity index (χ4v) is 2.07. The zero-order valence-corrected chi connectivity index (χ0v) is 10.6. The van der Waals surface area contributed by atoms with Crippen LogP contribution < -0.4 is 5.32 Å². The molecule has 0 radical (unpaired) electrons. The van der Waals surface area contributed by atoms with E-state index in [2.05, 4.69) is 10.3 Å². The molecule has 0 bridgehead atoms. The number of halogens is 1. The molecule has 0 saturated heterocycles. The highest BCUT2D eigenvalue weighted by atomic mass is 35.5. The van der Waals surface area contributed by atoms with Crippen molar-refractivity contribution < 1.29 is 4.79 Å². The standard InChI is InChI=1S/C14H13ClN2O/c15-10-3-1-9-2-4-12(16-13(9)7-10)8-14(18)17-11-5-6-11/h1-4,7,11H,5-6,8H2,(H,17,18).